The normalized spacial score (nSPS) is 15.4. The molecule has 4 heterocycles. The molecule has 12 heteroatoms. The Morgan fingerprint density at radius 2 is 1.85 bits per heavy atom. The molecular formula is C28H36F3N5O3S. The number of nitrogens with one attached hydrogen (secondary N) is 1. The number of nitrogens with two attached hydrogens (primary N) is 1. The molecule has 0 saturated carbocycles. The van der Waals surface area contributed by atoms with Crippen LogP contribution in [0.3, 0.4) is 0 Å². The van der Waals surface area contributed by atoms with E-state index in [2.05, 4.69) is 20.3 Å². The highest BCUT2D eigenvalue weighted by atomic mass is 32.2. The van der Waals surface area contributed by atoms with Gasteiger partial charge in [-0.1, -0.05) is 13.8 Å². The number of alkyl halides is 3. The predicted octanol–water partition coefficient (Wildman–Crippen LogP) is 6.54. The standard InChI is InChI=1S/C26H30F3N5O3S.C2H6/c1-24(2)11-18-14(23(35)37-24)6-7-20(33-18)34-21-10-15-16(12-31-21)22(32-13-17(15)25(3,4)30)36-19(8-9-38-5)26(27,28)29;1-2/h6-7,10,12-13,19H,8-9,11,30H2,1-5H3,(H,31,33,34);1-2H3. The van der Waals surface area contributed by atoms with Crippen LogP contribution in [-0.2, 0) is 16.7 Å². The number of cyclic esters (lactones) is 1. The maximum atomic E-state index is 13.7. The van der Waals surface area contributed by atoms with Crippen molar-refractivity contribution < 1.29 is 27.4 Å². The summed E-state index contributed by atoms with van der Waals surface area (Å²) in [5.74, 6) is 0.534. The van der Waals surface area contributed by atoms with Crippen LogP contribution in [0.5, 0.6) is 5.88 Å². The first-order valence-electron chi connectivity index (χ1n) is 13.0. The lowest BCUT2D eigenvalue weighted by Crippen LogP contribution is -2.36. The van der Waals surface area contributed by atoms with E-state index in [1.807, 2.05) is 27.7 Å². The summed E-state index contributed by atoms with van der Waals surface area (Å²) < 4.78 is 51.8. The van der Waals surface area contributed by atoms with Gasteiger partial charge in [-0.25, -0.2) is 19.7 Å². The molecule has 3 aromatic rings. The zero-order valence-electron chi connectivity index (χ0n) is 23.8. The first-order valence-corrected chi connectivity index (χ1v) is 14.4. The van der Waals surface area contributed by atoms with Crippen LogP contribution >= 0.6 is 11.8 Å². The Morgan fingerprint density at radius 1 is 1.15 bits per heavy atom. The quantitative estimate of drug-likeness (QED) is 0.287. The fourth-order valence-electron chi connectivity index (χ4n) is 4.20. The van der Waals surface area contributed by atoms with Gasteiger partial charge in [-0.05, 0) is 68.9 Å². The number of carbonyl (C=O) groups excluding carboxylic acids is 1. The van der Waals surface area contributed by atoms with Crippen LogP contribution < -0.4 is 15.8 Å². The summed E-state index contributed by atoms with van der Waals surface area (Å²) in [5, 5.41) is 3.98. The molecule has 0 aliphatic carbocycles. The summed E-state index contributed by atoms with van der Waals surface area (Å²) in [6.45, 7) is 11.2. The summed E-state index contributed by atoms with van der Waals surface area (Å²) in [6.07, 6.45) is -1.73. The largest absolute Gasteiger partial charge is 0.464 e. The van der Waals surface area contributed by atoms with Crippen molar-refractivity contribution in [3.63, 3.8) is 0 Å². The number of rotatable bonds is 8. The number of esters is 1. The van der Waals surface area contributed by atoms with Crippen LogP contribution in [0.15, 0.2) is 30.6 Å². The van der Waals surface area contributed by atoms with Crippen molar-refractivity contribution in [2.45, 2.75) is 77.8 Å². The lowest BCUT2D eigenvalue weighted by molar-refractivity contribution is -0.195. The molecule has 4 rings (SSSR count). The molecular weight excluding hydrogens is 543 g/mol. The summed E-state index contributed by atoms with van der Waals surface area (Å²) >= 11 is 1.31. The van der Waals surface area contributed by atoms with E-state index in [0.717, 1.165) is 0 Å². The van der Waals surface area contributed by atoms with Crippen LogP contribution in [0.4, 0.5) is 24.8 Å². The van der Waals surface area contributed by atoms with Crippen molar-refractivity contribution in [1.29, 1.82) is 0 Å². The zero-order chi connectivity index (χ0) is 29.9. The fourth-order valence-corrected chi connectivity index (χ4v) is 4.65. The van der Waals surface area contributed by atoms with E-state index in [1.165, 1.54) is 24.2 Å². The number of pyridine rings is 3. The number of hydrogen-bond donors (Lipinski definition) is 2. The van der Waals surface area contributed by atoms with E-state index >= 15 is 0 Å². The molecule has 3 N–H and O–H groups in total. The van der Waals surface area contributed by atoms with Crippen LogP contribution in [-0.4, -0.2) is 50.8 Å². The SMILES string of the molecule is CC.CSCCC(Oc1ncc(C(C)(C)N)c2cc(Nc3ccc4c(n3)CC(C)(C)OC4=O)ncc12)C(F)(F)F. The van der Waals surface area contributed by atoms with Gasteiger partial charge in [0.25, 0.3) is 0 Å². The second-order valence-electron chi connectivity index (χ2n) is 10.4. The van der Waals surface area contributed by atoms with Gasteiger partial charge in [-0.2, -0.15) is 24.9 Å². The third-order valence-electron chi connectivity index (χ3n) is 6.05. The Bertz CT molecular complexity index is 1360. The monoisotopic (exact) mass is 579 g/mol. The molecule has 1 unspecified atom stereocenters. The second kappa shape index (κ2) is 12.2. The molecule has 0 amide bonds. The molecule has 1 aliphatic heterocycles. The van der Waals surface area contributed by atoms with Gasteiger partial charge < -0.3 is 20.5 Å². The third-order valence-corrected chi connectivity index (χ3v) is 6.69. The highest BCUT2D eigenvalue weighted by Gasteiger charge is 2.42. The summed E-state index contributed by atoms with van der Waals surface area (Å²) in [5.41, 5.74) is 6.46. The summed E-state index contributed by atoms with van der Waals surface area (Å²) in [7, 11) is 0. The van der Waals surface area contributed by atoms with Gasteiger partial charge in [-0.3, -0.25) is 0 Å². The molecule has 0 saturated heterocycles. The summed E-state index contributed by atoms with van der Waals surface area (Å²) in [6, 6.07) is 4.95. The van der Waals surface area contributed by atoms with Crippen molar-refractivity contribution in [3.05, 3.63) is 47.4 Å². The number of aromatic nitrogens is 3. The number of ether oxygens (including phenoxy) is 2. The van der Waals surface area contributed by atoms with Gasteiger partial charge in [0.1, 0.15) is 17.2 Å². The lowest BCUT2D eigenvalue weighted by Gasteiger charge is -2.30. The molecule has 0 bridgehead atoms. The number of carbonyl (C=O) groups is 1. The number of hydrogen-bond acceptors (Lipinski definition) is 9. The zero-order valence-corrected chi connectivity index (χ0v) is 24.6. The fraction of sp³-hybridized carbons (Fsp3) is 0.500. The Kier molecular flexibility index (Phi) is 9.56. The maximum absolute atomic E-state index is 13.7. The van der Waals surface area contributed by atoms with Gasteiger partial charge in [-0.15, -0.1) is 0 Å². The maximum Gasteiger partial charge on any atom is 0.425 e. The minimum absolute atomic E-state index is 0.164. The minimum atomic E-state index is -4.55. The van der Waals surface area contributed by atoms with E-state index in [4.69, 9.17) is 15.2 Å². The smallest absolute Gasteiger partial charge is 0.425 e. The van der Waals surface area contributed by atoms with Crippen molar-refractivity contribution in [2.24, 2.45) is 5.73 Å². The second-order valence-corrected chi connectivity index (χ2v) is 11.4. The number of nitrogens with zero attached hydrogens (tertiary/aromatic N) is 3. The van der Waals surface area contributed by atoms with E-state index in [1.54, 1.807) is 38.3 Å². The Balaban J connectivity index is 0.00000216. The third kappa shape index (κ3) is 7.34. The number of anilines is 2. The van der Waals surface area contributed by atoms with Crippen molar-refractivity contribution in [1.82, 2.24) is 15.0 Å². The first-order chi connectivity index (χ1) is 18.7. The Morgan fingerprint density at radius 3 is 2.48 bits per heavy atom. The Labute approximate surface area is 236 Å². The molecule has 8 nitrogen and oxygen atoms in total. The van der Waals surface area contributed by atoms with Crippen LogP contribution in [0.1, 0.15) is 69.6 Å². The predicted molar refractivity (Wildman–Crippen MR) is 152 cm³/mol. The number of thioether (sulfide) groups is 1. The molecule has 40 heavy (non-hydrogen) atoms. The van der Waals surface area contributed by atoms with Crippen molar-refractivity contribution in [3.8, 4) is 5.88 Å². The van der Waals surface area contributed by atoms with Gasteiger partial charge >= 0.3 is 12.1 Å². The average Bonchev–Trinajstić information content (AvgIpc) is 2.85. The molecule has 0 fully saturated rings. The molecule has 0 aromatic carbocycles. The van der Waals surface area contributed by atoms with E-state index < -0.39 is 29.4 Å². The first kappa shape index (κ1) is 31.4. The number of halogens is 3. The van der Waals surface area contributed by atoms with Crippen LogP contribution in [0, 0.1) is 0 Å². The van der Waals surface area contributed by atoms with Crippen molar-refractivity contribution in [2.75, 3.05) is 17.3 Å². The highest BCUT2D eigenvalue weighted by molar-refractivity contribution is 7.98. The van der Waals surface area contributed by atoms with Gasteiger partial charge in [0, 0.05) is 30.8 Å². The Hall–Kier alpha value is -3.12. The molecule has 218 valence electrons. The minimum Gasteiger partial charge on any atom is -0.464 e. The average molecular weight is 580 g/mol. The van der Waals surface area contributed by atoms with E-state index in [-0.39, 0.29) is 18.1 Å². The van der Waals surface area contributed by atoms with Gasteiger partial charge in [0.2, 0.25) is 5.88 Å². The van der Waals surface area contributed by atoms with Crippen molar-refractivity contribution >= 4 is 40.1 Å². The van der Waals surface area contributed by atoms with E-state index in [9.17, 15) is 18.0 Å². The number of fused-ring (bicyclic) bond motifs is 2. The highest BCUT2D eigenvalue weighted by Crippen LogP contribution is 2.36. The lowest BCUT2D eigenvalue weighted by atomic mass is 9.93. The van der Waals surface area contributed by atoms with Gasteiger partial charge in [0.15, 0.2) is 6.10 Å². The summed E-state index contributed by atoms with van der Waals surface area (Å²) in [4.78, 5) is 25.4. The molecule has 1 aliphatic rings. The van der Waals surface area contributed by atoms with Crippen LogP contribution in [0.25, 0.3) is 10.8 Å². The molecule has 0 radical (unpaired) electrons. The van der Waals surface area contributed by atoms with Crippen LogP contribution in [0.2, 0.25) is 0 Å². The molecule has 1 atom stereocenters. The van der Waals surface area contributed by atoms with E-state index in [0.29, 0.717) is 45.6 Å². The van der Waals surface area contributed by atoms with Gasteiger partial charge in [0.05, 0.1) is 16.6 Å². The topological polar surface area (TPSA) is 112 Å². The molecule has 0 spiro atoms. The molecule has 3 aromatic heterocycles.